The Labute approximate surface area is 201 Å². The molecule has 1 saturated carbocycles. The number of fused-ring (bicyclic) bond motifs is 5. The first-order chi connectivity index (χ1) is 16.3. The maximum atomic E-state index is 13.9. The number of sulfonamides is 1. The summed E-state index contributed by atoms with van der Waals surface area (Å²) in [5, 5.41) is 9.05. The molecule has 2 aromatic rings. The molecule has 4 atom stereocenters. The summed E-state index contributed by atoms with van der Waals surface area (Å²) in [4.78, 5) is 4.43. The molecule has 1 N–H and O–H groups in total. The lowest BCUT2D eigenvalue weighted by Gasteiger charge is -2.50. The average molecular weight is 485 g/mol. The lowest BCUT2D eigenvalue weighted by molar-refractivity contribution is 0.0885. The monoisotopic (exact) mass is 484 g/mol. The maximum Gasteiger partial charge on any atom is 0.242 e. The zero-order chi connectivity index (χ0) is 24.1. The van der Waals surface area contributed by atoms with Crippen LogP contribution in [0.5, 0.6) is 0 Å². The van der Waals surface area contributed by atoms with E-state index in [0.717, 1.165) is 43.2 Å². The number of aliphatic hydroxyl groups excluding tert-OH is 1. The molecular formula is C27H33FN2O3S. The quantitative estimate of drug-likeness (QED) is 0.641. The first kappa shape index (κ1) is 23.6. The number of aromatic nitrogens is 1. The number of aryl methyl sites for hydroxylation is 1. The van der Waals surface area contributed by atoms with Crippen LogP contribution in [0.1, 0.15) is 61.6 Å². The summed E-state index contributed by atoms with van der Waals surface area (Å²) in [6.07, 6.45) is 10.8. The van der Waals surface area contributed by atoms with Crippen LogP contribution in [0, 0.1) is 23.1 Å². The number of aliphatic hydroxyl groups is 1. The van der Waals surface area contributed by atoms with Gasteiger partial charge in [0.25, 0.3) is 0 Å². The molecule has 3 aliphatic carbocycles. The highest BCUT2D eigenvalue weighted by atomic mass is 32.2. The third kappa shape index (κ3) is 3.82. The van der Waals surface area contributed by atoms with E-state index in [1.165, 1.54) is 21.6 Å². The molecule has 3 aliphatic rings. The maximum absolute atomic E-state index is 13.9. The van der Waals surface area contributed by atoms with Gasteiger partial charge in [0.1, 0.15) is 5.82 Å². The van der Waals surface area contributed by atoms with Crippen molar-refractivity contribution in [2.75, 3.05) is 20.2 Å². The van der Waals surface area contributed by atoms with Gasteiger partial charge in [-0.25, -0.2) is 17.1 Å². The number of benzene rings is 1. The second-order valence-corrected chi connectivity index (χ2v) is 12.4. The fourth-order valence-electron chi connectivity index (χ4n) is 6.89. The third-order valence-electron chi connectivity index (χ3n) is 8.63. The Morgan fingerprint density at radius 2 is 2.06 bits per heavy atom. The largest absolute Gasteiger partial charge is 0.396 e. The molecule has 34 heavy (non-hydrogen) atoms. The van der Waals surface area contributed by atoms with Gasteiger partial charge in [-0.1, -0.05) is 19.1 Å². The van der Waals surface area contributed by atoms with Crippen LogP contribution < -0.4 is 0 Å². The first-order valence-electron chi connectivity index (χ1n) is 12.3. The predicted molar refractivity (Wildman–Crippen MR) is 130 cm³/mol. The van der Waals surface area contributed by atoms with Gasteiger partial charge in [0.15, 0.2) is 0 Å². The number of hydrogen-bond donors (Lipinski definition) is 1. The minimum absolute atomic E-state index is 0.0207. The summed E-state index contributed by atoms with van der Waals surface area (Å²) in [5.74, 6) is 1.18. The Morgan fingerprint density at radius 3 is 2.82 bits per heavy atom. The fourth-order valence-corrected chi connectivity index (χ4v) is 8.15. The number of allylic oxidation sites excluding steroid dienone is 2. The van der Waals surface area contributed by atoms with Crippen molar-refractivity contribution in [1.29, 1.82) is 0 Å². The van der Waals surface area contributed by atoms with E-state index in [4.69, 9.17) is 5.11 Å². The minimum Gasteiger partial charge on any atom is -0.396 e. The van der Waals surface area contributed by atoms with E-state index in [0.29, 0.717) is 35.6 Å². The second kappa shape index (κ2) is 8.85. The van der Waals surface area contributed by atoms with Crippen molar-refractivity contribution < 1.29 is 17.9 Å². The van der Waals surface area contributed by atoms with E-state index in [1.807, 2.05) is 12.1 Å². The predicted octanol–water partition coefficient (Wildman–Crippen LogP) is 4.77. The SMILES string of the molecule is CN(CCCO)S(=O)(=O)c1ccc2c(c1)CC[C@@H]1[C@@H]2CC[C@]2(C)C(c3cncc(F)c3)=CC[C@@H]12. The molecule has 5 rings (SSSR count). The molecule has 1 aromatic heterocycles. The van der Waals surface area contributed by atoms with E-state index >= 15 is 0 Å². The van der Waals surface area contributed by atoms with Gasteiger partial charge in [-0.05, 0) is 102 Å². The zero-order valence-electron chi connectivity index (χ0n) is 19.9. The van der Waals surface area contributed by atoms with Gasteiger partial charge >= 0.3 is 0 Å². The molecule has 1 heterocycles. The number of halogens is 1. The van der Waals surface area contributed by atoms with Gasteiger partial charge in [0.05, 0.1) is 11.1 Å². The Bertz CT molecular complexity index is 1230. The van der Waals surface area contributed by atoms with Gasteiger partial charge in [-0.2, -0.15) is 0 Å². The highest BCUT2D eigenvalue weighted by Gasteiger charge is 2.52. The van der Waals surface area contributed by atoms with Gasteiger partial charge in [-0.15, -0.1) is 0 Å². The molecule has 7 heteroatoms. The van der Waals surface area contributed by atoms with Crippen LogP contribution in [-0.4, -0.2) is 43.0 Å². The summed E-state index contributed by atoms with van der Waals surface area (Å²) in [6, 6.07) is 7.28. The molecule has 0 aliphatic heterocycles. The topological polar surface area (TPSA) is 70.5 Å². The molecule has 0 spiro atoms. The number of nitrogens with zero attached hydrogens (tertiary/aromatic N) is 2. The molecule has 0 radical (unpaired) electrons. The number of pyridine rings is 1. The van der Waals surface area contributed by atoms with Gasteiger partial charge in [0.2, 0.25) is 10.0 Å². The van der Waals surface area contributed by atoms with E-state index in [9.17, 15) is 12.8 Å². The van der Waals surface area contributed by atoms with Crippen molar-refractivity contribution in [2.45, 2.75) is 56.3 Å². The van der Waals surface area contributed by atoms with Gasteiger partial charge in [0, 0.05) is 26.4 Å². The van der Waals surface area contributed by atoms with E-state index in [1.54, 1.807) is 25.4 Å². The Balaban J connectivity index is 1.40. The van der Waals surface area contributed by atoms with Crippen LogP contribution >= 0.6 is 0 Å². The summed E-state index contributed by atoms with van der Waals surface area (Å²) >= 11 is 0. The molecule has 0 saturated heterocycles. The fraction of sp³-hybridized carbons (Fsp3) is 0.519. The molecule has 0 amide bonds. The van der Waals surface area contributed by atoms with Crippen molar-refractivity contribution in [1.82, 2.24) is 9.29 Å². The normalized spacial score (nSPS) is 28.3. The summed E-state index contributed by atoms with van der Waals surface area (Å²) in [5.41, 5.74) is 4.62. The third-order valence-corrected chi connectivity index (χ3v) is 10.5. The smallest absolute Gasteiger partial charge is 0.242 e. The van der Waals surface area contributed by atoms with Crippen molar-refractivity contribution in [3.05, 3.63) is 65.2 Å². The highest BCUT2D eigenvalue weighted by molar-refractivity contribution is 7.89. The van der Waals surface area contributed by atoms with Gasteiger partial charge in [-0.3, -0.25) is 4.98 Å². The van der Waals surface area contributed by atoms with E-state index < -0.39 is 10.0 Å². The molecule has 5 nitrogen and oxygen atoms in total. The number of hydrogen-bond acceptors (Lipinski definition) is 4. The van der Waals surface area contributed by atoms with E-state index in [-0.39, 0.29) is 17.8 Å². The van der Waals surface area contributed by atoms with Crippen LogP contribution in [-0.2, 0) is 16.4 Å². The molecular weight excluding hydrogens is 451 g/mol. The summed E-state index contributed by atoms with van der Waals surface area (Å²) < 4.78 is 41.2. The Hall–Kier alpha value is -2.09. The molecule has 0 bridgehead atoms. The summed E-state index contributed by atoms with van der Waals surface area (Å²) in [6.45, 7) is 2.61. The van der Waals surface area contributed by atoms with Crippen LogP contribution in [0.4, 0.5) is 4.39 Å². The second-order valence-electron chi connectivity index (χ2n) is 10.4. The first-order valence-corrected chi connectivity index (χ1v) is 13.7. The van der Waals surface area contributed by atoms with Crippen LogP contribution in [0.15, 0.2) is 47.6 Å². The number of rotatable bonds is 6. The van der Waals surface area contributed by atoms with E-state index in [2.05, 4.69) is 18.0 Å². The Morgan fingerprint density at radius 1 is 1.24 bits per heavy atom. The zero-order valence-corrected chi connectivity index (χ0v) is 20.7. The average Bonchev–Trinajstić information content (AvgIpc) is 3.19. The molecule has 1 aromatic carbocycles. The minimum atomic E-state index is -3.56. The molecule has 1 fully saturated rings. The highest BCUT2D eigenvalue weighted by Crippen LogP contribution is 2.63. The lowest BCUT2D eigenvalue weighted by Crippen LogP contribution is -2.41. The van der Waals surface area contributed by atoms with Crippen LogP contribution in [0.25, 0.3) is 5.57 Å². The lowest BCUT2D eigenvalue weighted by atomic mass is 9.54. The van der Waals surface area contributed by atoms with Crippen LogP contribution in [0.2, 0.25) is 0 Å². The van der Waals surface area contributed by atoms with Crippen LogP contribution in [0.3, 0.4) is 0 Å². The Kier molecular flexibility index (Phi) is 6.15. The molecule has 182 valence electrons. The van der Waals surface area contributed by atoms with Crippen molar-refractivity contribution >= 4 is 15.6 Å². The van der Waals surface area contributed by atoms with Gasteiger partial charge < -0.3 is 5.11 Å². The van der Waals surface area contributed by atoms with Crippen molar-refractivity contribution in [3.63, 3.8) is 0 Å². The standard InChI is InChI=1S/C27H33FN2O3S/c1-27-11-10-23-22-7-5-21(34(32,33)30(2)12-3-13-31)15-18(22)4-6-24(23)26(27)9-8-25(27)19-14-20(28)17-29-16-19/h5,7-8,14-17,23-24,26,31H,3-4,6,9-13H2,1-2H3/t23-,24-,26+,27-/m1/s1. The van der Waals surface area contributed by atoms with Crippen molar-refractivity contribution in [2.24, 2.45) is 17.3 Å². The summed E-state index contributed by atoms with van der Waals surface area (Å²) in [7, 11) is -1.99. The van der Waals surface area contributed by atoms with Crippen molar-refractivity contribution in [3.8, 4) is 0 Å². The molecule has 0 unspecified atom stereocenters.